The predicted octanol–water partition coefficient (Wildman–Crippen LogP) is 5.97. The maximum absolute atomic E-state index is 14.5. The van der Waals surface area contributed by atoms with Crippen molar-refractivity contribution in [3.63, 3.8) is 0 Å². The average Bonchev–Trinajstić information content (AvgIpc) is 1.94. The third kappa shape index (κ3) is 15.3. The van der Waals surface area contributed by atoms with E-state index in [1.807, 2.05) is 101 Å². The number of amides is 7. The lowest BCUT2D eigenvalue weighted by molar-refractivity contribution is -0.144. The van der Waals surface area contributed by atoms with Gasteiger partial charge in [-0.25, -0.2) is 4.98 Å². The molecular weight excluding hydrogens is 1150 g/mol. The van der Waals surface area contributed by atoms with Crippen molar-refractivity contribution in [2.24, 2.45) is 11.1 Å². The molecule has 7 amide bonds. The van der Waals surface area contributed by atoms with Crippen molar-refractivity contribution in [2.45, 2.75) is 148 Å². The summed E-state index contributed by atoms with van der Waals surface area (Å²) in [6, 6.07) is 21.6. The second kappa shape index (κ2) is 27.0. The molecular formula is C63H74N9O13PS. The first-order valence-corrected chi connectivity index (χ1v) is 31.6. The van der Waals surface area contributed by atoms with Crippen LogP contribution in [0.25, 0.3) is 21.3 Å². The highest BCUT2D eigenvalue weighted by molar-refractivity contribution is 7.70. The minimum atomic E-state index is -5.05. The van der Waals surface area contributed by atoms with E-state index in [2.05, 4.69) is 31.2 Å². The molecule has 0 bridgehead atoms. The number of β-amino-alcohol motifs (C(OH)–C–C–N with tert-alkyl or cyclic N) is 1. The first-order chi connectivity index (χ1) is 41.3. The maximum Gasteiger partial charge on any atom is 0.396 e. The fraction of sp³-hybridized carbons (Fsp3) is 0.413. The Morgan fingerprint density at radius 1 is 0.885 bits per heavy atom. The number of aryl methyl sites for hydroxylation is 3. The molecule has 0 unspecified atom stereocenters. The van der Waals surface area contributed by atoms with Crippen molar-refractivity contribution in [1.82, 2.24) is 36.1 Å². The Bertz CT molecular complexity index is 3630. The first-order valence-electron chi connectivity index (χ1n) is 29.1. The van der Waals surface area contributed by atoms with Gasteiger partial charge in [-0.2, -0.15) is 0 Å². The molecule has 2 aromatic heterocycles. The highest BCUT2D eigenvalue weighted by atomic mass is 32.1. The number of nitrogens with one attached hydrogen (secondary N) is 5. The average molecular weight is 1230 g/mol. The molecule has 22 nitrogen and oxygen atoms in total. The van der Waals surface area contributed by atoms with Gasteiger partial charge in [0.05, 0.1) is 53.2 Å². The van der Waals surface area contributed by atoms with E-state index in [-0.39, 0.29) is 87.4 Å². The molecule has 3 aliphatic heterocycles. The lowest BCUT2D eigenvalue weighted by atomic mass is 9.85. The summed E-state index contributed by atoms with van der Waals surface area (Å²) >= 11 is 1.56. The Kier molecular flexibility index (Phi) is 19.7. The largest absolute Gasteiger partial charge is 0.396 e. The number of likely N-dealkylation sites (tertiary alicyclic amines) is 1. The van der Waals surface area contributed by atoms with Gasteiger partial charge in [0.15, 0.2) is 0 Å². The Morgan fingerprint density at radius 3 is 2.29 bits per heavy atom. The lowest BCUT2D eigenvalue weighted by Gasteiger charge is -2.35. The predicted molar refractivity (Wildman–Crippen MR) is 326 cm³/mol. The Balaban J connectivity index is 0.742. The van der Waals surface area contributed by atoms with Gasteiger partial charge in [0, 0.05) is 48.7 Å². The molecule has 0 saturated carbocycles. The van der Waals surface area contributed by atoms with Gasteiger partial charge in [0.25, 0.3) is 11.4 Å². The minimum Gasteiger partial charge on any atom is -0.391 e. The van der Waals surface area contributed by atoms with E-state index >= 15 is 0 Å². The highest BCUT2D eigenvalue weighted by Crippen LogP contribution is 2.41. The van der Waals surface area contributed by atoms with Crippen molar-refractivity contribution in [3.05, 3.63) is 141 Å². The molecule has 87 heavy (non-hydrogen) atoms. The quantitative estimate of drug-likeness (QED) is 0.0249. The van der Waals surface area contributed by atoms with Crippen LogP contribution in [0.5, 0.6) is 0 Å². The third-order valence-corrected chi connectivity index (χ3v) is 18.0. The number of fused-ring (bicyclic) bond motifs is 1. The molecule has 0 radical (unpaired) electrons. The van der Waals surface area contributed by atoms with Crippen molar-refractivity contribution in [3.8, 4) is 10.4 Å². The van der Waals surface area contributed by atoms with E-state index in [1.165, 1.54) is 34.1 Å². The summed E-state index contributed by atoms with van der Waals surface area (Å²) in [6.07, 6.45) is 2.18. The van der Waals surface area contributed by atoms with Gasteiger partial charge in [-0.05, 0) is 115 Å². The monoisotopic (exact) mass is 1230 g/mol. The highest BCUT2D eigenvalue weighted by Gasteiger charge is 2.46. The number of aliphatic hydroxyl groups is 1. The Labute approximate surface area is 507 Å². The van der Waals surface area contributed by atoms with Crippen molar-refractivity contribution >= 4 is 82.4 Å². The van der Waals surface area contributed by atoms with E-state index in [1.54, 1.807) is 16.8 Å². The van der Waals surface area contributed by atoms with Crippen LogP contribution >= 0.6 is 18.9 Å². The van der Waals surface area contributed by atoms with E-state index < -0.39 is 84.4 Å². The van der Waals surface area contributed by atoms with Gasteiger partial charge in [-0.3, -0.25) is 47.8 Å². The number of rotatable bonds is 24. The number of hydrogen-bond donors (Lipinski definition) is 9. The number of unbranched alkanes of at least 4 members (excludes halogenated alkanes) is 1. The number of nitrogens with two attached hydrogens (primary N) is 1. The fourth-order valence-corrected chi connectivity index (χ4v) is 12.8. The van der Waals surface area contributed by atoms with Crippen LogP contribution in [0.3, 0.4) is 0 Å². The second-order valence-electron chi connectivity index (χ2n) is 23.9. The number of ether oxygens (including phenoxy) is 1. The second-order valence-corrected chi connectivity index (χ2v) is 26.2. The van der Waals surface area contributed by atoms with E-state index in [0.29, 0.717) is 42.3 Å². The van der Waals surface area contributed by atoms with E-state index in [0.717, 1.165) is 44.0 Å². The van der Waals surface area contributed by atoms with Crippen LogP contribution < -0.4 is 31.9 Å². The van der Waals surface area contributed by atoms with Crippen LogP contribution in [-0.2, 0) is 63.9 Å². The third-order valence-electron chi connectivity index (χ3n) is 16.3. The van der Waals surface area contributed by atoms with Gasteiger partial charge in [0.2, 0.25) is 35.4 Å². The summed E-state index contributed by atoms with van der Waals surface area (Å²) in [4.78, 5) is 138. The first kappa shape index (κ1) is 63.6. The normalized spacial score (nSPS) is 18.6. The summed E-state index contributed by atoms with van der Waals surface area (Å²) in [6.45, 7) is 9.53. The van der Waals surface area contributed by atoms with Crippen LogP contribution in [0.2, 0.25) is 0 Å². The van der Waals surface area contributed by atoms with Crippen molar-refractivity contribution in [1.29, 1.82) is 0 Å². The molecule has 6 aromatic rings. The molecule has 10 N–H and O–H groups in total. The van der Waals surface area contributed by atoms with Crippen LogP contribution in [0.1, 0.15) is 133 Å². The molecule has 9 rings (SSSR count). The number of para-hydroxylation sites is 1. The lowest BCUT2D eigenvalue weighted by Crippen LogP contribution is -2.57. The minimum absolute atomic E-state index is 0.0154. The van der Waals surface area contributed by atoms with Crippen LogP contribution in [0.15, 0.2) is 96.5 Å². The zero-order valence-corrected chi connectivity index (χ0v) is 50.9. The SMILES string of the molecule is Cc1ncsc1-c1ccc([C@H](C)NC(=O)[C@@H]2C[C@@H](O)CN2C(=O)[C@@H](NC(=O)CCCCc2ccc(COC[C@H](CCC(N)=O)NC(=O)[C@@H]3Cc4cccc5c4N3C(=O)[C@@H](NC(=O)c3cc4cc(C(=O)P(=O)(O)O)ccc4[nH]3)CC5)cc2)C(C)(C)C)cc1. The van der Waals surface area contributed by atoms with E-state index in [4.69, 9.17) is 10.5 Å². The van der Waals surface area contributed by atoms with Gasteiger partial charge in [-0.1, -0.05) is 87.5 Å². The molecule has 1 saturated heterocycles. The molecule has 7 atom stereocenters. The molecule has 0 aliphatic carbocycles. The summed E-state index contributed by atoms with van der Waals surface area (Å²) in [5.74, 6) is -3.31. The summed E-state index contributed by atoms with van der Waals surface area (Å²) < 4.78 is 17.7. The number of aromatic amines is 1. The maximum atomic E-state index is 14.5. The molecule has 3 aliphatic rings. The number of benzene rings is 4. The number of thiazole rings is 1. The number of carbonyl (C=O) groups excluding carboxylic acids is 8. The van der Waals surface area contributed by atoms with Crippen LogP contribution in [0.4, 0.5) is 5.69 Å². The van der Waals surface area contributed by atoms with Gasteiger partial charge in [0.1, 0.15) is 29.9 Å². The smallest absolute Gasteiger partial charge is 0.391 e. The number of anilines is 1. The number of aliphatic hydroxyl groups excluding tert-OH is 1. The van der Waals surface area contributed by atoms with Crippen LogP contribution in [-0.4, -0.2) is 126 Å². The Morgan fingerprint density at radius 2 is 1.60 bits per heavy atom. The molecule has 4 aromatic carbocycles. The summed E-state index contributed by atoms with van der Waals surface area (Å²) in [5.41, 5.74) is 12.5. The standard InChI is InChI=1S/C63H74N9O13PS/c1-35(39-17-19-41(20-18-39)55-36(2)65-34-87-55)66-58(77)50-30-46(73)31-71(50)61(80)56(63(3,4)5)70-53(75)12-7-6-9-37-13-15-38(16-14-37)32-85-33-45(23-26-52(64)74)67-59(78)51-29-42-11-8-10-40-21-25-48(60(79)72(51)54(40)42)69-57(76)49-28-44-27-43(22-24-47(44)68-49)62(81)86(82,83)84/h8,10-11,13-20,22,24,27-28,34-35,45-46,48,50-51,56,68,73H,6-7,9,12,21,23,25-26,29-33H2,1-5H3,(H2,64,74)(H,66,77)(H,67,78)(H,69,76)(H,70,75)(H2,82,83,84)/t35-,45-,46+,48-,50-,51-,56+/m0/s1. The molecule has 1 fully saturated rings. The zero-order valence-electron chi connectivity index (χ0n) is 49.2. The molecule has 5 heterocycles. The molecule has 24 heteroatoms. The molecule has 460 valence electrons. The van der Waals surface area contributed by atoms with Gasteiger partial charge < -0.3 is 56.5 Å². The zero-order chi connectivity index (χ0) is 62.5. The number of hydrogen-bond acceptors (Lipinski definition) is 13. The number of carbonyl (C=O) groups is 8. The topological polar surface area (TPSA) is 333 Å². The fourth-order valence-electron chi connectivity index (χ4n) is 11.6. The van der Waals surface area contributed by atoms with Crippen molar-refractivity contribution < 1.29 is 62.6 Å². The van der Waals surface area contributed by atoms with E-state index in [9.17, 15) is 57.8 Å². The molecule has 0 spiro atoms. The number of primary amides is 1. The van der Waals surface area contributed by atoms with Gasteiger partial charge >= 0.3 is 7.60 Å². The van der Waals surface area contributed by atoms with Gasteiger partial charge in [-0.15, -0.1) is 11.3 Å². The Hall–Kier alpha value is -7.92. The number of aromatic nitrogens is 2. The van der Waals surface area contributed by atoms with Crippen molar-refractivity contribution in [2.75, 3.05) is 18.1 Å². The number of nitrogens with zero attached hydrogens (tertiary/aromatic N) is 3. The summed E-state index contributed by atoms with van der Waals surface area (Å²) in [5, 5.41) is 22.9. The number of H-pyrrole nitrogens is 1. The summed E-state index contributed by atoms with van der Waals surface area (Å²) in [7, 11) is -5.05. The van der Waals surface area contributed by atoms with Crippen LogP contribution in [0, 0.1) is 12.3 Å².